The Labute approximate surface area is 124 Å². The Balaban J connectivity index is 2.13. The van der Waals surface area contributed by atoms with Gasteiger partial charge in [-0.2, -0.15) is 0 Å². The predicted octanol–water partition coefficient (Wildman–Crippen LogP) is 4.53. The van der Waals surface area contributed by atoms with E-state index in [2.05, 4.69) is 37.9 Å². The Bertz CT molecular complexity index is 825. The molecule has 0 bridgehead atoms. The van der Waals surface area contributed by atoms with Gasteiger partial charge >= 0.3 is 0 Å². The number of nitrogens with zero attached hydrogens (tertiary/aromatic N) is 1. The quantitative estimate of drug-likeness (QED) is 0.700. The number of pyridine rings is 1. The van der Waals surface area contributed by atoms with Gasteiger partial charge in [0.1, 0.15) is 11.5 Å². The fraction of sp³-hybridized carbons (Fsp3) is 0.167. The summed E-state index contributed by atoms with van der Waals surface area (Å²) in [4.78, 5) is 4.35. The van der Waals surface area contributed by atoms with Gasteiger partial charge in [0.25, 0.3) is 0 Å². The average Bonchev–Trinajstić information content (AvgIpc) is 2.47. The summed E-state index contributed by atoms with van der Waals surface area (Å²) in [6.45, 7) is 6.23. The molecule has 3 aromatic rings. The minimum absolute atomic E-state index is 0.704. The number of anilines is 1. The summed E-state index contributed by atoms with van der Waals surface area (Å²) in [7, 11) is 0. The Morgan fingerprint density at radius 2 is 1.71 bits per heavy atom. The molecule has 2 aromatic carbocycles. The summed E-state index contributed by atoms with van der Waals surface area (Å²) in [5.74, 6) is 1.72. The lowest BCUT2D eigenvalue weighted by Gasteiger charge is -2.15. The SMILES string of the molecule is Cc1ccc(C)c(Oc2ccnc3cc(N)ccc23)c1C. The molecular formula is C18H18N2O. The topological polar surface area (TPSA) is 48.1 Å². The molecule has 0 aliphatic rings. The number of benzene rings is 2. The van der Waals surface area contributed by atoms with Gasteiger partial charge in [-0.3, -0.25) is 4.98 Å². The van der Waals surface area contributed by atoms with Crippen LogP contribution in [0.15, 0.2) is 42.6 Å². The van der Waals surface area contributed by atoms with Crippen LogP contribution in [-0.4, -0.2) is 4.98 Å². The third-order valence-corrected chi connectivity index (χ3v) is 3.81. The van der Waals surface area contributed by atoms with E-state index in [4.69, 9.17) is 10.5 Å². The third-order valence-electron chi connectivity index (χ3n) is 3.81. The van der Waals surface area contributed by atoms with Crippen molar-refractivity contribution in [1.82, 2.24) is 4.98 Å². The van der Waals surface area contributed by atoms with Crippen LogP contribution in [0.3, 0.4) is 0 Å². The Morgan fingerprint density at radius 3 is 2.52 bits per heavy atom. The largest absolute Gasteiger partial charge is 0.456 e. The molecule has 3 nitrogen and oxygen atoms in total. The second-order valence-electron chi connectivity index (χ2n) is 5.34. The smallest absolute Gasteiger partial charge is 0.138 e. The highest BCUT2D eigenvalue weighted by atomic mass is 16.5. The van der Waals surface area contributed by atoms with Gasteiger partial charge in [0.05, 0.1) is 5.52 Å². The molecule has 0 saturated heterocycles. The molecule has 0 aliphatic heterocycles. The molecule has 0 aliphatic carbocycles. The molecular weight excluding hydrogens is 260 g/mol. The number of aromatic nitrogens is 1. The van der Waals surface area contributed by atoms with Crippen LogP contribution in [0.1, 0.15) is 16.7 Å². The molecule has 0 saturated carbocycles. The first-order valence-electron chi connectivity index (χ1n) is 6.95. The van der Waals surface area contributed by atoms with E-state index in [1.807, 2.05) is 24.3 Å². The summed E-state index contributed by atoms with van der Waals surface area (Å²) in [6.07, 6.45) is 1.75. The number of rotatable bonds is 2. The van der Waals surface area contributed by atoms with E-state index >= 15 is 0 Å². The van der Waals surface area contributed by atoms with Crippen molar-refractivity contribution in [2.45, 2.75) is 20.8 Å². The van der Waals surface area contributed by atoms with Crippen molar-refractivity contribution in [2.75, 3.05) is 5.73 Å². The molecule has 3 rings (SSSR count). The van der Waals surface area contributed by atoms with Crippen molar-refractivity contribution < 1.29 is 4.74 Å². The summed E-state index contributed by atoms with van der Waals surface area (Å²) < 4.78 is 6.19. The number of nitrogen functional groups attached to an aromatic ring is 1. The van der Waals surface area contributed by atoms with E-state index in [1.165, 1.54) is 5.56 Å². The van der Waals surface area contributed by atoms with Crippen molar-refractivity contribution in [3.8, 4) is 11.5 Å². The summed E-state index contributed by atoms with van der Waals surface area (Å²) in [5.41, 5.74) is 10.9. The number of ether oxygens (including phenoxy) is 1. The highest BCUT2D eigenvalue weighted by Crippen LogP contribution is 2.34. The molecule has 0 unspecified atom stereocenters. The Kier molecular flexibility index (Phi) is 3.26. The van der Waals surface area contributed by atoms with E-state index in [-0.39, 0.29) is 0 Å². The lowest BCUT2D eigenvalue weighted by Crippen LogP contribution is -1.95. The van der Waals surface area contributed by atoms with Crippen molar-refractivity contribution in [1.29, 1.82) is 0 Å². The van der Waals surface area contributed by atoms with Crippen LogP contribution in [0.4, 0.5) is 5.69 Å². The maximum absolute atomic E-state index is 6.19. The fourth-order valence-corrected chi connectivity index (χ4v) is 2.42. The summed E-state index contributed by atoms with van der Waals surface area (Å²) in [6, 6.07) is 11.8. The van der Waals surface area contributed by atoms with Crippen molar-refractivity contribution in [2.24, 2.45) is 0 Å². The average molecular weight is 278 g/mol. The Hall–Kier alpha value is -2.55. The number of fused-ring (bicyclic) bond motifs is 1. The highest BCUT2D eigenvalue weighted by molar-refractivity contribution is 5.87. The normalized spacial score (nSPS) is 10.8. The van der Waals surface area contributed by atoms with E-state index in [1.54, 1.807) is 6.20 Å². The zero-order chi connectivity index (χ0) is 15.0. The maximum atomic E-state index is 6.19. The van der Waals surface area contributed by atoms with E-state index in [9.17, 15) is 0 Å². The van der Waals surface area contributed by atoms with Crippen LogP contribution < -0.4 is 10.5 Å². The number of aryl methyl sites for hydroxylation is 2. The number of nitrogens with two attached hydrogens (primary N) is 1. The van der Waals surface area contributed by atoms with Gasteiger partial charge in [-0.1, -0.05) is 12.1 Å². The van der Waals surface area contributed by atoms with Gasteiger partial charge in [-0.05, 0) is 61.7 Å². The van der Waals surface area contributed by atoms with Gasteiger partial charge in [-0.25, -0.2) is 0 Å². The van der Waals surface area contributed by atoms with Crippen LogP contribution >= 0.6 is 0 Å². The molecule has 0 amide bonds. The highest BCUT2D eigenvalue weighted by Gasteiger charge is 2.10. The van der Waals surface area contributed by atoms with Gasteiger partial charge < -0.3 is 10.5 Å². The van der Waals surface area contributed by atoms with Crippen LogP contribution in [0.2, 0.25) is 0 Å². The molecule has 21 heavy (non-hydrogen) atoms. The molecule has 106 valence electrons. The standard InChI is InChI=1S/C18H18N2O/c1-11-4-5-12(2)18(13(11)3)21-17-8-9-20-16-10-14(19)6-7-15(16)17/h4-10H,19H2,1-3H3. The molecule has 2 N–H and O–H groups in total. The predicted molar refractivity (Wildman–Crippen MR) is 86.9 cm³/mol. The molecule has 0 fully saturated rings. The van der Waals surface area contributed by atoms with Crippen LogP contribution in [-0.2, 0) is 0 Å². The third kappa shape index (κ3) is 2.42. The Morgan fingerprint density at radius 1 is 0.952 bits per heavy atom. The summed E-state index contributed by atoms with van der Waals surface area (Å²) in [5, 5.41) is 0.965. The second-order valence-corrected chi connectivity index (χ2v) is 5.34. The molecule has 0 radical (unpaired) electrons. The van der Waals surface area contributed by atoms with Crippen molar-refractivity contribution >= 4 is 16.6 Å². The minimum Gasteiger partial charge on any atom is -0.456 e. The first kappa shape index (κ1) is 13.4. The lowest BCUT2D eigenvalue weighted by molar-refractivity contribution is 0.479. The maximum Gasteiger partial charge on any atom is 0.138 e. The van der Waals surface area contributed by atoms with Crippen LogP contribution in [0.5, 0.6) is 11.5 Å². The molecule has 1 heterocycles. The molecule has 0 spiro atoms. The van der Waals surface area contributed by atoms with Crippen molar-refractivity contribution in [3.05, 3.63) is 59.3 Å². The zero-order valence-electron chi connectivity index (χ0n) is 12.5. The van der Waals surface area contributed by atoms with Gasteiger partial charge in [0.2, 0.25) is 0 Å². The minimum atomic E-state index is 0.704. The summed E-state index contributed by atoms with van der Waals surface area (Å²) >= 11 is 0. The van der Waals surface area contributed by atoms with Gasteiger partial charge in [-0.15, -0.1) is 0 Å². The van der Waals surface area contributed by atoms with E-state index in [0.717, 1.165) is 33.5 Å². The van der Waals surface area contributed by atoms with Crippen LogP contribution in [0, 0.1) is 20.8 Å². The van der Waals surface area contributed by atoms with Gasteiger partial charge in [0.15, 0.2) is 0 Å². The number of hydrogen-bond donors (Lipinski definition) is 1. The zero-order valence-corrected chi connectivity index (χ0v) is 12.5. The van der Waals surface area contributed by atoms with E-state index < -0.39 is 0 Å². The lowest BCUT2D eigenvalue weighted by atomic mass is 10.1. The fourth-order valence-electron chi connectivity index (χ4n) is 2.42. The number of hydrogen-bond acceptors (Lipinski definition) is 3. The molecule has 1 aromatic heterocycles. The second kappa shape index (κ2) is 5.09. The molecule has 3 heteroatoms. The van der Waals surface area contributed by atoms with Gasteiger partial charge in [0, 0.05) is 17.3 Å². The first-order chi connectivity index (χ1) is 10.1. The first-order valence-corrected chi connectivity index (χ1v) is 6.95. The van der Waals surface area contributed by atoms with Crippen molar-refractivity contribution in [3.63, 3.8) is 0 Å². The molecule has 0 atom stereocenters. The van der Waals surface area contributed by atoms with E-state index in [0.29, 0.717) is 5.69 Å². The van der Waals surface area contributed by atoms with Crippen LogP contribution in [0.25, 0.3) is 10.9 Å². The monoisotopic (exact) mass is 278 g/mol.